The van der Waals surface area contributed by atoms with Crippen molar-refractivity contribution in [1.29, 1.82) is 0 Å². The Kier molecular flexibility index (Phi) is 5.88. The zero-order valence-electron chi connectivity index (χ0n) is 16.4. The average molecular weight is 475 g/mol. The van der Waals surface area contributed by atoms with E-state index in [4.69, 9.17) is 23.2 Å². The summed E-state index contributed by atoms with van der Waals surface area (Å²) in [5.41, 5.74) is 3.74. The second-order valence-corrected chi connectivity index (χ2v) is 9.91. The summed E-state index contributed by atoms with van der Waals surface area (Å²) >= 11 is 12.5. The van der Waals surface area contributed by atoms with Gasteiger partial charge in [0.05, 0.1) is 17.1 Å². The molecule has 0 radical (unpaired) electrons. The summed E-state index contributed by atoms with van der Waals surface area (Å²) in [6.45, 7) is 0.418. The van der Waals surface area contributed by atoms with Crippen LogP contribution in [0.4, 0.5) is 4.39 Å². The number of aromatic nitrogens is 2. The smallest absolute Gasteiger partial charge is 0.175 e. The number of benzene rings is 3. The molecule has 4 aromatic rings. The fourth-order valence-corrected chi connectivity index (χ4v) is 4.38. The van der Waals surface area contributed by atoms with Crippen LogP contribution < -0.4 is 0 Å². The van der Waals surface area contributed by atoms with E-state index in [9.17, 15) is 12.8 Å². The summed E-state index contributed by atoms with van der Waals surface area (Å²) in [5.74, 6) is -0.354. The average Bonchev–Trinajstić information content (AvgIpc) is 3.05. The lowest BCUT2D eigenvalue weighted by molar-refractivity contribution is 0.602. The lowest BCUT2D eigenvalue weighted by atomic mass is 10.0. The summed E-state index contributed by atoms with van der Waals surface area (Å²) < 4.78 is 38.9. The predicted octanol–water partition coefficient (Wildman–Crippen LogP) is 6.11. The number of hydrogen-bond acceptors (Lipinski definition) is 3. The van der Waals surface area contributed by atoms with Gasteiger partial charge in [-0.1, -0.05) is 59.6 Å². The van der Waals surface area contributed by atoms with Gasteiger partial charge in [-0.2, -0.15) is 5.10 Å². The Morgan fingerprint density at radius 1 is 0.871 bits per heavy atom. The third kappa shape index (κ3) is 4.66. The van der Waals surface area contributed by atoms with Crippen LogP contribution in [0, 0.1) is 5.82 Å². The van der Waals surface area contributed by atoms with Crippen LogP contribution in [0.15, 0.2) is 77.7 Å². The van der Waals surface area contributed by atoms with Crippen molar-refractivity contribution in [1.82, 2.24) is 9.78 Å². The van der Waals surface area contributed by atoms with Crippen LogP contribution >= 0.6 is 23.2 Å². The first-order valence-electron chi connectivity index (χ1n) is 9.29. The molecular weight excluding hydrogens is 458 g/mol. The molecule has 3 aromatic carbocycles. The number of rotatable bonds is 5. The first-order chi connectivity index (χ1) is 14.7. The van der Waals surface area contributed by atoms with Crippen molar-refractivity contribution in [2.75, 3.05) is 6.26 Å². The first kappa shape index (κ1) is 21.6. The van der Waals surface area contributed by atoms with Crippen molar-refractivity contribution in [2.45, 2.75) is 11.4 Å². The standard InChI is InChI=1S/C23H17Cl2FN2O2S/c1-31(29,30)20-12-6-17(7-13-20)22-21(16-4-10-19(26)11-5-16)23(25)27-28(22)14-15-2-8-18(24)9-3-15/h2-13H,14H2,1H3. The summed E-state index contributed by atoms with van der Waals surface area (Å²) in [5, 5.41) is 5.41. The van der Waals surface area contributed by atoms with Gasteiger partial charge in [0.2, 0.25) is 0 Å². The SMILES string of the molecule is CS(=O)(=O)c1ccc(-c2c(-c3ccc(F)cc3)c(Cl)nn2Cc2ccc(Cl)cc2)cc1. The molecule has 0 aliphatic heterocycles. The molecule has 8 heteroatoms. The lowest BCUT2D eigenvalue weighted by Gasteiger charge is -2.11. The molecule has 4 rings (SSSR count). The molecule has 0 N–H and O–H groups in total. The summed E-state index contributed by atoms with van der Waals surface area (Å²) in [6, 6.07) is 19.9. The molecule has 0 bridgehead atoms. The van der Waals surface area contributed by atoms with Gasteiger partial charge >= 0.3 is 0 Å². The Morgan fingerprint density at radius 3 is 2.03 bits per heavy atom. The molecule has 158 valence electrons. The molecule has 0 spiro atoms. The normalized spacial score (nSPS) is 11.6. The quantitative estimate of drug-likeness (QED) is 0.350. The van der Waals surface area contributed by atoms with Crippen LogP contribution in [0.1, 0.15) is 5.56 Å². The van der Waals surface area contributed by atoms with Crippen molar-refractivity contribution in [3.05, 3.63) is 94.4 Å². The molecule has 1 heterocycles. The Bertz CT molecular complexity index is 1330. The number of hydrogen-bond donors (Lipinski definition) is 0. The third-order valence-corrected chi connectivity index (χ3v) is 6.49. The van der Waals surface area contributed by atoms with Gasteiger partial charge in [-0.15, -0.1) is 0 Å². The van der Waals surface area contributed by atoms with Gasteiger partial charge in [-0.3, -0.25) is 4.68 Å². The molecule has 31 heavy (non-hydrogen) atoms. The molecule has 0 aliphatic rings. The van der Waals surface area contributed by atoms with E-state index in [0.29, 0.717) is 28.4 Å². The van der Waals surface area contributed by atoms with Crippen molar-refractivity contribution in [3.8, 4) is 22.4 Å². The molecule has 0 saturated carbocycles. The van der Waals surface area contributed by atoms with E-state index >= 15 is 0 Å². The van der Waals surface area contributed by atoms with Crippen LogP contribution in [0.3, 0.4) is 0 Å². The van der Waals surface area contributed by atoms with E-state index in [2.05, 4.69) is 5.10 Å². The first-order valence-corrected chi connectivity index (χ1v) is 11.9. The predicted molar refractivity (Wildman–Crippen MR) is 122 cm³/mol. The number of nitrogens with zero attached hydrogens (tertiary/aromatic N) is 2. The van der Waals surface area contributed by atoms with E-state index < -0.39 is 9.84 Å². The number of sulfone groups is 1. The highest BCUT2D eigenvalue weighted by Crippen LogP contribution is 2.38. The van der Waals surface area contributed by atoms with Crippen LogP contribution in [0.5, 0.6) is 0 Å². The van der Waals surface area contributed by atoms with Gasteiger partial charge < -0.3 is 0 Å². The molecular formula is C23H17Cl2FN2O2S. The minimum atomic E-state index is -3.33. The van der Waals surface area contributed by atoms with Crippen molar-refractivity contribution in [2.24, 2.45) is 0 Å². The van der Waals surface area contributed by atoms with Crippen molar-refractivity contribution >= 4 is 33.0 Å². The molecule has 0 unspecified atom stereocenters. The van der Waals surface area contributed by atoms with E-state index in [-0.39, 0.29) is 15.9 Å². The third-order valence-electron chi connectivity index (χ3n) is 4.84. The highest BCUT2D eigenvalue weighted by molar-refractivity contribution is 7.90. The lowest BCUT2D eigenvalue weighted by Crippen LogP contribution is -2.04. The van der Waals surface area contributed by atoms with Gasteiger partial charge in [-0.25, -0.2) is 12.8 Å². The van der Waals surface area contributed by atoms with Gasteiger partial charge in [-0.05, 0) is 47.5 Å². The molecule has 0 atom stereocenters. The second kappa shape index (κ2) is 8.46. The molecule has 4 nitrogen and oxygen atoms in total. The zero-order valence-corrected chi connectivity index (χ0v) is 18.7. The van der Waals surface area contributed by atoms with E-state index in [1.54, 1.807) is 53.2 Å². The molecule has 0 aliphatic carbocycles. The highest BCUT2D eigenvalue weighted by Gasteiger charge is 2.21. The largest absolute Gasteiger partial charge is 0.258 e. The molecule has 1 aromatic heterocycles. The highest BCUT2D eigenvalue weighted by atomic mass is 35.5. The minimum Gasteiger partial charge on any atom is -0.258 e. The van der Waals surface area contributed by atoms with E-state index in [1.807, 2.05) is 12.1 Å². The van der Waals surface area contributed by atoms with Gasteiger partial charge in [0.15, 0.2) is 15.0 Å². The maximum absolute atomic E-state index is 13.5. The number of halogens is 3. The van der Waals surface area contributed by atoms with Crippen LogP contribution in [0.25, 0.3) is 22.4 Å². The fourth-order valence-electron chi connectivity index (χ4n) is 3.34. The van der Waals surface area contributed by atoms with Crippen molar-refractivity contribution < 1.29 is 12.8 Å². The Morgan fingerprint density at radius 2 is 1.45 bits per heavy atom. The summed E-state index contributed by atoms with van der Waals surface area (Å²) in [6.07, 6.45) is 1.16. The van der Waals surface area contributed by atoms with Crippen LogP contribution in [-0.2, 0) is 16.4 Å². The van der Waals surface area contributed by atoms with Gasteiger partial charge in [0.1, 0.15) is 5.82 Å². The van der Waals surface area contributed by atoms with Crippen molar-refractivity contribution in [3.63, 3.8) is 0 Å². The second-order valence-electron chi connectivity index (χ2n) is 7.10. The molecule has 0 amide bonds. The maximum atomic E-state index is 13.5. The van der Waals surface area contributed by atoms with Crippen LogP contribution in [-0.4, -0.2) is 24.5 Å². The topological polar surface area (TPSA) is 52.0 Å². The Balaban J connectivity index is 1.88. The van der Waals surface area contributed by atoms with E-state index in [1.165, 1.54) is 12.1 Å². The Hall–Kier alpha value is -2.67. The molecule has 0 saturated heterocycles. The minimum absolute atomic E-state index is 0.217. The molecule has 0 fully saturated rings. The monoisotopic (exact) mass is 474 g/mol. The Labute approximate surface area is 189 Å². The summed E-state index contributed by atoms with van der Waals surface area (Å²) in [4.78, 5) is 0.217. The van der Waals surface area contributed by atoms with E-state index in [0.717, 1.165) is 17.4 Å². The van der Waals surface area contributed by atoms with Gasteiger partial charge in [0, 0.05) is 22.4 Å². The van der Waals surface area contributed by atoms with Crippen LogP contribution in [0.2, 0.25) is 10.2 Å². The maximum Gasteiger partial charge on any atom is 0.175 e. The fraction of sp³-hybridized carbons (Fsp3) is 0.0870. The zero-order chi connectivity index (χ0) is 22.2. The summed E-state index contributed by atoms with van der Waals surface area (Å²) in [7, 11) is -3.33. The van der Waals surface area contributed by atoms with Gasteiger partial charge in [0.25, 0.3) is 0 Å².